The molecule has 3 aromatic rings. The second-order valence-corrected chi connectivity index (χ2v) is 6.46. The first-order valence-corrected chi connectivity index (χ1v) is 9.50. The summed E-state index contributed by atoms with van der Waals surface area (Å²) in [6, 6.07) is 16.7. The van der Waals surface area contributed by atoms with Crippen molar-refractivity contribution in [1.29, 1.82) is 0 Å². The Balaban J connectivity index is 1.79. The van der Waals surface area contributed by atoms with E-state index in [4.69, 9.17) is 4.74 Å². The fourth-order valence-electron chi connectivity index (χ4n) is 2.41. The van der Waals surface area contributed by atoms with Gasteiger partial charge in [-0.3, -0.25) is 9.00 Å². The SMILES string of the molecule is COc1cc(C#Cc2ccccn2)cc(C(=O)Nc2ccc(NS(=O)[O-])cc2)c1. The number of benzene rings is 2. The molecule has 2 N–H and O–H groups in total. The molecule has 146 valence electrons. The molecule has 1 heterocycles. The summed E-state index contributed by atoms with van der Waals surface area (Å²) in [5.74, 6) is 6.08. The second kappa shape index (κ2) is 9.50. The van der Waals surface area contributed by atoms with Gasteiger partial charge in [0.15, 0.2) is 0 Å². The minimum atomic E-state index is -2.40. The molecule has 2 aromatic carbocycles. The lowest BCUT2D eigenvalue weighted by molar-refractivity contribution is 0.102. The van der Waals surface area contributed by atoms with Crippen LogP contribution in [0.5, 0.6) is 5.75 Å². The third kappa shape index (κ3) is 5.90. The third-order valence-electron chi connectivity index (χ3n) is 3.75. The Morgan fingerprint density at radius 1 is 1.07 bits per heavy atom. The van der Waals surface area contributed by atoms with E-state index in [0.717, 1.165) is 0 Å². The molecule has 29 heavy (non-hydrogen) atoms. The van der Waals surface area contributed by atoms with Crippen LogP contribution in [-0.4, -0.2) is 26.8 Å². The minimum Gasteiger partial charge on any atom is -0.755 e. The Bertz CT molecular complexity index is 1090. The van der Waals surface area contributed by atoms with Gasteiger partial charge in [-0.05, 0) is 60.5 Å². The smallest absolute Gasteiger partial charge is 0.255 e. The summed E-state index contributed by atoms with van der Waals surface area (Å²) in [7, 11) is 1.51. The molecule has 0 spiro atoms. The highest BCUT2D eigenvalue weighted by atomic mass is 32.2. The average Bonchev–Trinajstić information content (AvgIpc) is 2.73. The van der Waals surface area contributed by atoms with Crippen LogP contribution in [0.1, 0.15) is 21.6 Å². The number of methoxy groups -OCH3 is 1. The standard InChI is InChI=1S/C21H17N3O4S/c1-28-20-13-15(5-6-17-4-2-3-11-22-17)12-16(14-20)21(25)23-18-7-9-19(10-8-18)24-29(26)27/h2-4,7-14,24H,1H3,(H,23,25)(H,26,27)/p-1. The molecule has 1 atom stereocenters. The van der Waals surface area contributed by atoms with Crippen LogP contribution < -0.4 is 14.8 Å². The van der Waals surface area contributed by atoms with Crippen molar-refractivity contribution in [3.8, 4) is 17.6 Å². The van der Waals surface area contributed by atoms with E-state index in [1.165, 1.54) is 7.11 Å². The number of pyridine rings is 1. The molecule has 0 saturated heterocycles. The van der Waals surface area contributed by atoms with Gasteiger partial charge in [0.25, 0.3) is 5.91 Å². The van der Waals surface area contributed by atoms with Crippen molar-refractivity contribution >= 4 is 28.5 Å². The summed E-state index contributed by atoms with van der Waals surface area (Å²) in [5, 5.41) is 2.75. The quantitative estimate of drug-likeness (QED) is 0.501. The van der Waals surface area contributed by atoms with E-state index in [-0.39, 0.29) is 5.91 Å². The maximum Gasteiger partial charge on any atom is 0.255 e. The van der Waals surface area contributed by atoms with Gasteiger partial charge in [0.2, 0.25) is 0 Å². The number of carbonyl (C=O) groups is 1. The molecule has 8 heteroatoms. The molecule has 0 aliphatic rings. The van der Waals surface area contributed by atoms with Crippen LogP contribution in [0, 0.1) is 11.8 Å². The van der Waals surface area contributed by atoms with Crippen LogP contribution in [0.25, 0.3) is 0 Å². The zero-order valence-electron chi connectivity index (χ0n) is 15.3. The first-order valence-electron chi connectivity index (χ1n) is 8.43. The maximum absolute atomic E-state index is 12.6. The molecule has 7 nitrogen and oxygen atoms in total. The average molecular weight is 406 g/mol. The highest BCUT2D eigenvalue weighted by molar-refractivity contribution is 7.80. The van der Waals surface area contributed by atoms with E-state index >= 15 is 0 Å². The molecular formula is C21H16N3O4S-. The van der Waals surface area contributed by atoms with Gasteiger partial charge in [0.05, 0.1) is 7.11 Å². The van der Waals surface area contributed by atoms with Gasteiger partial charge in [-0.2, -0.15) is 0 Å². The summed E-state index contributed by atoms with van der Waals surface area (Å²) < 4.78 is 28.8. The monoisotopic (exact) mass is 406 g/mol. The fraction of sp³-hybridized carbons (Fsp3) is 0.0476. The third-order valence-corrected chi connectivity index (χ3v) is 4.15. The van der Waals surface area contributed by atoms with Crippen molar-refractivity contribution in [2.45, 2.75) is 0 Å². The summed E-state index contributed by atoms with van der Waals surface area (Å²) in [6.07, 6.45) is 1.66. The highest BCUT2D eigenvalue weighted by Gasteiger charge is 2.09. The lowest BCUT2D eigenvalue weighted by Crippen LogP contribution is -2.12. The zero-order chi connectivity index (χ0) is 20.6. The highest BCUT2D eigenvalue weighted by Crippen LogP contribution is 2.19. The molecular weight excluding hydrogens is 390 g/mol. The molecule has 0 radical (unpaired) electrons. The number of rotatable bonds is 5. The molecule has 0 bridgehead atoms. The van der Waals surface area contributed by atoms with Gasteiger partial charge in [-0.15, -0.1) is 0 Å². The fourth-order valence-corrected chi connectivity index (χ4v) is 2.74. The van der Waals surface area contributed by atoms with Gasteiger partial charge < -0.3 is 19.3 Å². The topological polar surface area (TPSA) is 103 Å². The molecule has 1 aromatic heterocycles. The molecule has 0 aliphatic heterocycles. The first kappa shape index (κ1) is 20.1. The van der Waals surface area contributed by atoms with E-state index in [1.54, 1.807) is 54.7 Å². The lowest BCUT2D eigenvalue weighted by atomic mass is 10.1. The van der Waals surface area contributed by atoms with Crippen molar-refractivity contribution in [1.82, 2.24) is 4.98 Å². The molecule has 0 saturated carbocycles. The predicted molar refractivity (Wildman–Crippen MR) is 110 cm³/mol. The zero-order valence-corrected chi connectivity index (χ0v) is 16.2. The number of ether oxygens (including phenoxy) is 1. The van der Waals surface area contributed by atoms with Crippen molar-refractivity contribution in [3.05, 3.63) is 83.7 Å². The number of anilines is 2. The van der Waals surface area contributed by atoms with Gasteiger partial charge >= 0.3 is 0 Å². The molecule has 3 rings (SSSR count). The number of hydrogen-bond donors (Lipinski definition) is 2. The van der Waals surface area contributed by atoms with E-state index in [9.17, 15) is 13.6 Å². The van der Waals surface area contributed by atoms with E-state index in [2.05, 4.69) is 26.9 Å². The number of hydrogen-bond acceptors (Lipinski definition) is 5. The van der Waals surface area contributed by atoms with E-state index in [1.807, 2.05) is 12.1 Å². The van der Waals surface area contributed by atoms with Crippen LogP contribution >= 0.6 is 0 Å². The molecule has 0 aliphatic carbocycles. The van der Waals surface area contributed by atoms with Crippen molar-refractivity contribution < 1.29 is 18.3 Å². The van der Waals surface area contributed by atoms with E-state index in [0.29, 0.717) is 33.9 Å². The van der Waals surface area contributed by atoms with Crippen molar-refractivity contribution in [2.24, 2.45) is 0 Å². The van der Waals surface area contributed by atoms with Gasteiger partial charge in [-0.1, -0.05) is 12.0 Å². The van der Waals surface area contributed by atoms with Crippen LogP contribution in [-0.2, 0) is 11.3 Å². The Kier molecular flexibility index (Phi) is 6.58. The maximum atomic E-state index is 12.6. The molecule has 0 fully saturated rings. The van der Waals surface area contributed by atoms with Gasteiger partial charge in [0, 0.05) is 40.0 Å². The van der Waals surface area contributed by atoms with Crippen molar-refractivity contribution in [3.63, 3.8) is 0 Å². The first-order chi connectivity index (χ1) is 14.0. The van der Waals surface area contributed by atoms with Crippen LogP contribution in [0.4, 0.5) is 11.4 Å². The summed E-state index contributed by atoms with van der Waals surface area (Å²) >= 11 is -2.40. The van der Waals surface area contributed by atoms with Crippen LogP contribution in [0.2, 0.25) is 0 Å². The van der Waals surface area contributed by atoms with Crippen LogP contribution in [0.3, 0.4) is 0 Å². The Hall–Kier alpha value is -3.67. The number of amides is 1. The molecule has 1 unspecified atom stereocenters. The Morgan fingerprint density at radius 3 is 2.48 bits per heavy atom. The summed E-state index contributed by atoms with van der Waals surface area (Å²) in [5.41, 5.74) is 2.51. The molecule has 1 amide bonds. The van der Waals surface area contributed by atoms with Crippen LogP contribution in [0.15, 0.2) is 66.9 Å². The van der Waals surface area contributed by atoms with Crippen molar-refractivity contribution in [2.75, 3.05) is 17.1 Å². The van der Waals surface area contributed by atoms with Gasteiger partial charge in [-0.25, -0.2) is 4.98 Å². The number of nitrogens with zero attached hydrogens (tertiary/aromatic N) is 1. The summed E-state index contributed by atoms with van der Waals surface area (Å²) in [6.45, 7) is 0. The van der Waals surface area contributed by atoms with Gasteiger partial charge in [0.1, 0.15) is 11.4 Å². The minimum absolute atomic E-state index is 0.349. The van der Waals surface area contributed by atoms with E-state index < -0.39 is 11.3 Å². The lowest BCUT2D eigenvalue weighted by Gasteiger charge is -2.10. The predicted octanol–water partition coefficient (Wildman–Crippen LogP) is 2.95. The second-order valence-electron chi connectivity index (χ2n) is 5.78. The number of carbonyl (C=O) groups excluding carboxylic acids is 1. The largest absolute Gasteiger partial charge is 0.755 e. The Morgan fingerprint density at radius 2 is 1.83 bits per heavy atom. The number of nitrogens with one attached hydrogen (secondary N) is 2. The number of aromatic nitrogens is 1. The normalized spacial score (nSPS) is 11.0. The Labute approximate surface area is 170 Å². The summed E-state index contributed by atoms with van der Waals surface area (Å²) in [4.78, 5) is 16.8.